The number of β-amino-alcohol motifs (C(OH)–C–C–N with tert-alkyl or cyclic N) is 1. The summed E-state index contributed by atoms with van der Waals surface area (Å²) in [7, 11) is 0. The van der Waals surface area contributed by atoms with Crippen molar-refractivity contribution in [1.82, 2.24) is 4.90 Å². The fraction of sp³-hybridized carbons (Fsp3) is 0.933. The maximum Gasteiger partial charge on any atom is 0.419 e. The highest BCUT2D eigenvalue weighted by atomic mass is 19.4. The molecule has 1 aliphatic heterocycles. The minimum absolute atomic E-state index is 0.0104. The second-order valence-electron chi connectivity index (χ2n) is 7.02. The van der Waals surface area contributed by atoms with Crippen LogP contribution in [0, 0.1) is 22.7 Å². The molecule has 1 aliphatic carbocycles. The Balaban J connectivity index is 1.90. The molecule has 1 heterocycles. The first-order valence-electron chi connectivity index (χ1n) is 7.54. The average molecular weight is 304 g/mol. The van der Waals surface area contributed by atoms with Crippen molar-refractivity contribution in [2.45, 2.75) is 63.8 Å². The molecule has 1 N–H and O–H groups in total. The van der Waals surface area contributed by atoms with Gasteiger partial charge in [-0.05, 0) is 37.0 Å². The standard InChI is InChI=1S/C15H23F3N2O/c1-11(2)13(7-8-19)5-3-12(4-6-13)20-9-14(21,10-20)15(16,17)18/h11-12,21H,3-7,9-10H2,1-2H3/t12-,13+. The van der Waals surface area contributed by atoms with Crippen molar-refractivity contribution in [2.24, 2.45) is 11.3 Å². The van der Waals surface area contributed by atoms with Crippen LogP contribution in [0.1, 0.15) is 46.0 Å². The molecule has 2 fully saturated rings. The van der Waals surface area contributed by atoms with Gasteiger partial charge in [-0.1, -0.05) is 13.8 Å². The molecule has 0 aromatic heterocycles. The van der Waals surface area contributed by atoms with E-state index in [9.17, 15) is 18.3 Å². The zero-order chi connectivity index (χ0) is 15.9. The van der Waals surface area contributed by atoms with Gasteiger partial charge in [0.2, 0.25) is 0 Å². The van der Waals surface area contributed by atoms with Crippen LogP contribution in [0.25, 0.3) is 0 Å². The van der Waals surface area contributed by atoms with Gasteiger partial charge in [0.1, 0.15) is 0 Å². The van der Waals surface area contributed by atoms with Crippen molar-refractivity contribution < 1.29 is 18.3 Å². The Morgan fingerprint density at radius 1 is 1.29 bits per heavy atom. The van der Waals surface area contributed by atoms with Crippen LogP contribution in [0.4, 0.5) is 13.2 Å². The van der Waals surface area contributed by atoms with E-state index < -0.39 is 11.8 Å². The Labute approximate surface area is 123 Å². The lowest BCUT2D eigenvalue weighted by Crippen LogP contribution is -2.71. The van der Waals surface area contributed by atoms with Gasteiger partial charge < -0.3 is 5.11 Å². The SMILES string of the molecule is CC(C)[C@]1(CC#N)CC[C@H](N2CC(O)(C(F)(F)F)C2)CC1. The highest BCUT2D eigenvalue weighted by Gasteiger charge is 2.62. The van der Waals surface area contributed by atoms with Crippen LogP contribution in [0.2, 0.25) is 0 Å². The molecule has 2 rings (SSSR count). The van der Waals surface area contributed by atoms with E-state index in [0.29, 0.717) is 12.3 Å². The number of nitriles is 1. The Morgan fingerprint density at radius 2 is 1.81 bits per heavy atom. The fourth-order valence-corrected chi connectivity index (χ4v) is 3.72. The van der Waals surface area contributed by atoms with Gasteiger partial charge in [0.15, 0.2) is 5.60 Å². The highest BCUT2D eigenvalue weighted by molar-refractivity contribution is 5.05. The number of aliphatic hydroxyl groups is 1. The topological polar surface area (TPSA) is 47.3 Å². The highest BCUT2D eigenvalue weighted by Crippen LogP contribution is 2.48. The van der Waals surface area contributed by atoms with Crippen molar-refractivity contribution >= 4 is 0 Å². The minimum atomic E-state index is -4.54. The maximum absolute atomic E-state index is 12.6. The lowest BCUT2D eigenvalue weighted by Gasteiger charge is -2.53. The lowest BCUT2D eigenvalue weighted by atomic mass is 9.64. The first-order chi connectivity index (χ1) is 9.63. The molecule has 0 amide bonds. The molecule has 1 saturated carbocycles. The molecule has 3 nitrogen and oxygen atoms in total. The Morgan fingerprint density at radius 3 is 2.19 bits per heavy atom. The second kappa shape index (κ2) is 5.44. The van der Waals surface area contributed by atoms with Crippen molar-refractivity contribution in [3.63, 3.8) is 0 Å². The minimum Gasteiger partial charge on any atom is -0.378 e. The van der Waals surface area contributed by atoms with Crippen LogP contribution < -0.4 is 0 Å². The van der Waals surface area contributed by atoms with Crippen LogP contribution in [0.3, 0.4) is 0 Å². The molecule has 0 spiro atoms. The Bertz CT molecular complexity index is 414. The maximum atomic E-state index is 12.6. The molecular formula is C15H23F3N2O. The van der Waals surface area contributed by atoms with Crippen LogP contribution >= 0.6 is 0 Å². The molecule has 0 aromatic carbocycles. The molecule has 6 heteroatoms. The van der Waals surface area contributed by atoms with Gasteiger partial charge in [-0.25, -0.2) is 0 Å². The van der Waals surface area contributed by atoms with Crippen LogP contribution in [-0.4, -0.2) is 40.9 Å². The molecule has 0 unspecified atom stereocenters. The van der Waals surface area contributed by atoms with E-state index >= 15 is 0 Å². The zero-order valence-corrected chi connectivity index (χ0v) is 12.6. The van der Waals surface area contributed by atoms with E-state index in [-0.39, 0.29) is 24.5 Å². The lowest BCUT2D eigenvalue weighted by molar-refractivity contribution is -0.307. The molecule has 0 bridgehead atoms. The van der Waals surface area contributed by atoms with Crippen molar-refractivity contribution in [2.75, 3.05) is 13.1 Å². The van der Waals surface area contributed by atoms with Crippen molar-refractivity contribution in [3.05, 3.63) is 0 Å². The largest absolute Gasteiger partial charge is 0.419 e. The summed E-state index contributed by atoms with van der Waals surface area (Å²) in [6.07, 6.45) is -0.639. The van der Waals surface area contributed by atoms with E-state index in [1.165, 1.54) is 0 Å². The van der Waals surface area contributed by atoms with Crippen LogP contribution in [0.15, 0.2) is 0 Å². The van der Waals surface area contributed by atoms with E-state index in [4.69, 9.17) is 5.26 Å². The van der Waals surface area contributed by atoms with Crippen LogP contribution in [0.5, 0.6) is 0 Å². The number of hydrogen-bond donors (Lipinski definition) is 1. The molecule has 0 radical (unpaired) electrons. The quantitative estimate of drug-likeness (QED) is 0.871. The Hall–Kier alpha value is -0.800. The number of rotatable bonds is 3. The molecule has 0 atom stereocenters. The fourth-order valence-electron chi connectivity index (χ4n) is 3.72. The van der Waals surface area contributed by atoms with E-state index in [0.717, 1.165) is 25.7 Å². The predicted molar refractivity (Wildman–Crippen MR) is 72.3 cm³/mol. The van der Waals surface area contributed by atoms with E-state index in [2.05, 4.69) is 19.9 Å². The van der Waals surface area contributed by atoms with Crippen LogP contribution in [-0.2, 0) is 0 Å². The first-order valence-corrected chi connectivity index (χ1v) is 7.54. The average Bonchev–Trinajstić information content (AvgIpc) is 2.35. The number of nitrogens with zero attached hydrogens (tertiary/aromatic N) is 2. The summed E-state index contributed by atoms with van der Waals surface area (Å²) < 4.78 is 37.9. The Kier molecular flexibility index (Phi) is 4.29. The third-order valence-corrected chi connectivity index (χ3v) is 5.58. The summed E-state index contributed by atoms with van der Waals surface area (Å²) in [5.41, 5.74) is -2.51. The third kappa shape index (κ3) is 2.91. The molecule has 2 aliphatic rings. The number of halogens is 3. The number of hydrogen-bond acceptors (Lipinski definition) is 3. The van der Waals surface area contributed by atoms with Crippen molar-refractivity contribution in [1.29, 1.82) is 5.26 Å². The summed E-state index contributed by atoms with van der Waals surface area (Å²) in [6.45, 7) is 3.61. The van der Waals surface area contributed by atoms with Gasteiger partial charge in [0, 0.05) is 25.6 Å². The first kappa shape index (κ1) is 16.6. The predicted octanol–water partition coefficient (Wildman–Crippen LogP) is 3.09. The van der Waals surface area contributed by atoms with Gasteiger partial charge in [0.25, 0.3) is 0 Å². The molecule has 21 heavy (non-hydrogen) atoms. The molecule has 1 saturated heterocycles. The van der Waals surface area contributed by atoms with E-state index in [1.807, 2.05) is 0 Å². The van der Waals surface area contributed by atoms with Gasteiger partial charge in [0.05, 0.1) is 6.07 Å². The number of alkyl halides is 3. The summed E-state index contributed by atoms with van der Waals surface area (Å²) in [5.74, 6) is 0.404. The summed E-state index contributed by atoms with van der Waals surface area (Å²) in [4.78, 5) is 1.74. The third-order valence-electron chi connectivity index (χ3n) is 5.58. The smallest absolute Gasteiger partial charge is 0.378 e. The number of likely N-dealkylation sites (tertiary alicyclic amines) is 1. The second-order valence-corrected chi connectivity index (χ2v) is 7.02. The van der Waals surface area contributed by atoms with Gasteiger partial charge in [-0.3, -0.25) is 4.90 Å². The molecule has 0 aromatic rings. The zero-order valence-electron chi connectivity index (χ0n) is 12.6. The van der Waals surface area contributed by atoms with Gasteiger partial charge >= 0.3 is 6.18 Å². The monoisotopic (exact) mass is 304 g/mol. The summed E-state index contributed by atoms with van der Waals surface area (Å²) in [5, 5.41) is 18.5. The van der Waals surface area contributed by atoms with Gasteiger partial charge in [-0.15, -0.1) is 0 Å². The normalized spacial score (nSPS) is 33.5. The molecule has 120 valence electrons. The van der Waals surface area contributed by atoms with Gasteiger partial charge in [-0.2, -0.15) is 18.4 Å². The summed E-state index contributed by atoms with van der Waals surface area (Å²) in [6, 6.07) is 2.37. The van der Waals surface area contributed by atoms with E-state index in [1.54, 1.807) is 4.90 Å². The van der Waals surface area contributed by atoms with Crippen molar-refractivity contribution in [3.8, 4) is 6.07 Å². The summed E-state index contributed by atoms with van der Waals surface area (Å²) >= 11 is 0. The molecular weight excluding hydrogens is 281 g/mol.